The van der Waals surface area contributed by atoms with Crippen molar-refractivity contribution >= 4 is 23.4 Å². The maximum Gasteiger partial charge on any atom is 0.264 e. The third-order valence-corrected chi connectivity index (χ3v) is 4.92. The highest BCUT2D eigenvalue weighted by Gasteiger charge is 2.45. The van der Waals surface area contributed by atoms with Crippen LogP contribution < -0.4 is 16.0 Å². The number of benzene rings is 1. The van der Waals surface area contributed by atoms with Gasteiger partial charge in [-0.1, -0.05) is 12.6 Å². The van der Waals surface area contributed by atoms with Gasteiger partial charge in [-0.05, 0) is 44.4 Å². The number of hydrogen-bond acceptors (Lipinski definition) is 5. The lowest BCUT2D eigenvalue weighted by Gasteiger charge is -2.29. The first-order valence-electron chi connectivity index (χ1n) is 8.86. The van der Waals surface area contributed by atoms with Gasteiger partial charge in [0, 0.05) is 19.3 Å². The molecule has 1 aromatic carbocycles. The second kappa shape index (κ2) is 7.29. The molecule has 1 atom stereocenters. The summed E-state index contributed by atoms with van der Waals surface area (Å²) in [6.45, 7) is 5.09. The van der Waals surface area contributed by atoms with Crippen LogP contribution in [0.25, 0.3) is 0 Å². The summed E-state index contributed by atoms with van der Waals surface area (Å²) in [5.41, 5.74) is 7.60. The summed E-state index contributed by atoms with van der Waals surface area (Å²) in [7, 11) is 1.89. The van der Waals surface area contributed by atoms with Gasteiger partial charge in [0.2, 0.25) is 5.91 Å². The van der Waals surface area contributed by atoms with E-state index < -0.39 is 17.9 Å². The van der Waals surface area contributed by atoms with Crippen LogP contribution in [0.3, 0.4) is 0 Å². The van der Waals surface area contributed by atoms with Crippen molar-refractivity contribution in [2.24, 2.45) is 5.73 Å². The summed E-state index contributed by atoms with van der Waals surface area (Å²) < 4.78 is 0. The molecular weight excluding hydrogens is 332 g/mol. The highest BCUT2D eigenvalue weighted by atomic mass is 16.2. The topological polar surface area (TPSA) is 95.7 Å². The van der Waals surface area contributed by atoms with Crippen molar-refractivity contribution in [3.8, 4) is 0 Å². The molecule has 26 heavy (non-hydrogen) atoms. The molecule has 2 heterocycles. The first-order chi connectivity index (χ1) is 12.5. The van der Waals surface area contributed by atoms with Gasteiger partial charge in [-0.3, -0.25) is 19.3 Å². The predicted octanol–water partition coefficient (Wildman–Crippen LogP) is 1.25. The van der Waals surface area contributed by atoms with Crippen LogP contribution in [-0.2, 0) is 4.79 Å². The Bertz CT molecular complexity index is 774. The molecule has 0 saturated carbocycles. The van der Waals surface area contributed by atoms with Crippen LogP contribution in [0.4, 0.5) is 5.69 Å². The molecule has 3 N–H and O–H groups in total. The Kier molecular flexibility index (Phi) is 5.08. The molecule has 7 nitrogen and oxygen atoms in total. The molecule has 2 aliphatic heterocycles. The number of hydrogen-bond donors (Lipinski definition) is 2. The number of nitrogens with zero attached hydrogens (tertiary/aromatic N) is 2. The minimum absolute atomic E-state index is 0.353. The molecule has 3 amide bonds. The largest absolute Gasteiger partial charge is 0.374 e. The number of nitrogens with two attached hydrogens (primary N) is 1. The molecule has 0 aromatic heterocycles. The number of anilines is 1. The lowest BCUT2D eigenvalue weighted by atomic mass is 10.0. The third kappa shape index (κ3) is 3.10. The van der Waals surface area contributed by atoms with E-state index in [0.717, 1.165) is 24.3 Å². The van der Waals surface area contributed by atoms with E-state index in [1.807, 2.05) is 18.0 Å². The number of piperidine rings is 1. The Labute approximate surface area is 152 Å². The molecular formula is C19H24N4O3. The fourth-order valence-corrected chi connectivity index (χ4v) is 3.51. The van der Waals surface area contributed by atoms with Gasteiger partial charge in [-0.25, -0.2) is 0 Å². The van der Waals surface area contributed by atoms with Crippen molar-refractivity contribution in [1.82, 2.24) is 10.2 Å². The summed E-state index contributed by atoms with van der Waals surface area (Å²) >= 11 is 0. The minimum atomic E-state index is -0.789. The fraction of sp³-hybridized carbons (Fsp3) is 0.421. The molecule has 0 radical (unpaired) electrons. The first kappa shape index (κ1) is 18.1. The number of carbonyl (C=O) groups is 3. The predicted molar refractivity (Wildman–Crippen MR) is 98.8 cm³/mol. The zero-order chi connectivity index (χ0) is 18.8. The Hall–Kier alpha value is -2.67. The fourth-order valence-electron chi connectivity index (χ4n) is 3.51. The monoisotopic (exact) mass is 356 g/mol. The summed E-state index contributed by atoms with van der Waals surface area (Å²) in [6.07, 6.45) is 2.74. The molecule has 7 heteroatoms. The van der Waals surface area contributed by atoms with Crippen molar-refractivity contribution in [3.05, 3.63) is 41.6 Å². The minimum Gasteiger partial charge on any atom is -0.374 e. The lowest BCUT2D eigenvalue weighted by Crippen LogP contribution is -2.51. The zero-order valence-corrected chi connectivity index (χ0v) is 15.0. The smallest absolute Gasteiger partial charge is 0.264 e. The van der Waals surface area contributed by atoms with Gasteiger partial charge in [0.05, 0.1) is 16.8 Å². The normalized spacial score (nSPS) is 19.6. The summed E-state index contributed by atoms with van der Waals surface area (Å²) in [4.78, 5) is 41.2. The van der Waals surface area contributed by atoms with Crippen LogP contribution in [0.5, 0.6) is 0 Å². The molecule has 0 spiro atoms. The highest BCUT2D eigenvalue weighted by Crippen LogP contribution is 2.34. The van der Waals surface area contributed by atoms with E-state index in [2.05, 4.69) is 11.9 Å². The molecule has 2 aliphatic rings. The van der Waals surface area contributed by atoms with Crippen LogP contribution in [0.2, 0.25) is 0 Å². The van der Waals surface area contributed by atoms with E-state index >= 15 is 0 Å². The van der Waals surface area contributed by atoms with Crippen molar-refractivity contribution in [2.45, 2.75) is 31.7 Å². The van der Waals surface area contributed by atoms with Crippen molar-refractivity contribution in [2.75, 3.05) is 25.0 Å². The van der Waals surface area contributed by atoms with E-state index in [4.69, 9.17) is 5.73 Å². The Morgan fingerprint density at radius 3 is 2.73 bits per heavy atom. The Morgan fingerprint density at radius 2 is 2.04 bits per heavy atom. The van der Waals surface area contributed by atoms with E-state index in [1.54, 1.807) is 12.1 Å². The summed E-state index contributed by atoms with van der Waals surface area (Å²) in [5, 5.41) is 2.64. The van der Waals surface area contributed by atoms with Crippen LogP contribution in [-0.4, -0.2) is 48.8 Å². The van der Waals surface area contributed by atoms with Crippen LogP contribution >= 0.6 is 0 Å². The van der Waals surface area contributed by atoms with Crippen LogP contribution in [0.15, 0.2) is 30.5 Å². The van der Waals surface area contributed by atoms with Gasteiger partial charge in [-0.2, -0.15) is 0 Å². The van der Waals surface area contributed by atoms with Crippen molar-refractivity contribution in [1.29, 1.82) is 0 Å². The van der Waals surface area contributed by atoms with Gasteiger partial charge in [0.25, 0.3) is 11.8 Å². The molecule has 0 aliphatic carbocycles. The highest BCUT2D eigenvalue weighted by molar-refractivity contribution is 6.25. The molecule has 1 fully saturated rings. The average Bonchev–Trinajstić information content (AvgIpc) is 2.87. The molecule has 3 rings (SSSR count). The van der Waals surface area contributed by atoms with Crippen LogP contribution in [0, 0.1) is 0 Å². The number of allylic oxidation sites excluding steroid dienone is 1. The maximum atomic E-state index is 13.0. The Morgan fingerprint density at radius 1 is 1.27 bits per heavy atom. The SMILES string of the molecule is C=C1CCC(N2C(=O)c3cccc(N(C)CCCCN)c3C2=O)C(=O)N1. The molecule has 138 valence electrons. The number of carbonyl (C=O) groups excluding carboxylic acids is 3. The molecule has 1 unspecified atom stereocenters. The average molecular weight is 356 g/mol. The molecule has 1 aromatic rings. The number of fused-ring (bicyclic) bond motifs is 1. The first-order valence-corrected chi connectivity index (χ1v) is 8.86. The number of nitrogens with one attached hydrogen (secondary N) is 1. The van der Waals surface area contributed by atoms with E-state index in [9.17, 15) is 14.4 Å². The zero-order valence-electron chi connectivity index (χ0n) is 15.0. The van der Waals surface area contributed by atoms with E-state index in [-0.39, 0.29) is 5.91 Å². The van der Waals surface area contributed by atoms with E-state index in [0.29, 0.717) is 41.9 Å². The standard InChI is InChI=1S/C19H24N4O3/c1-12-8-9-15(17(24)21-12)23-18(25)13-6-5-7-14(16(13)19(23)26)22(2)11-4-3-10-20/h5-7,15H,1,3-4,8-11,20H2,2H3,(H,21,24). The van der Waals surface area contributed by atoms with Gasteiger partial charge in [0.15, 0.2) is 0 Å². The molecule has 1 saturated heterocycles. The second-order valence-corrected chi connectivity index (χ2v) is 6.74. The maximum absolute atomic E-state index is 13.0. The quantitative estimate of drug-likeness (QED) is 0.591. The van der Waals surface area contributed by atoms with Gasteiger partial charge < -0.3 is 16.0 Å². The van der Waals surface area contributed by atoms with Gasteiger partial charge in [0.1, 0.15) is 6.04 Å². The van der Waals surface area contributed by atoms with Gasteiger partial charge >= 0.3 is 0 Å². The van der Waals surface area contributed by atoms with E-state index in [1.165, 1.54) is 0 Å². The van der Waals surface area contributed by atoms with Crippen molar-refractivity contribution in [3.63, 3.8) is 0 Å². The number of amides is 3. The Balaban J connectivity index is 1.89. The van der Waals surface area contributed by atoms with Gasteiger partial charge in [-0.15, -0.1) is 0 Å². The van der Waals surface area contributed by atoms with Crippen LogP contribution in [0.1, 0.15) is 46.4 Å². The second-order valence-electron chi connectivity index (χ2n) is 6.74. The summed E-state index contributed by atoms with van der Waals surface area (Å²) in [5.74, 6) is -1.16. The van der Waals surface area contributed by atoms with Crippen molar-refractivity contribution < 1.29 is 14.4 Å². The number of imide groups is 1. The number of rotatable bonds is 6. The third-order valence-electron chi connectivity index (χ3n) is 4.92. The number of unbranched alkanes of at least 4 members (excludes halogenated alkanes) is 1. The lowest BCUT2D eigenvalue weighted by molar-refractivity contribution is -0.125. The summed E-state index contributed by atoms with van der Waals surface area (Å²) in [6, 6.07) is 4.46. The molecule has 0 bridgehead atoms.